The predicted molar refractivity (Wildman–Crippen MR) is 136 cm³/mol. The van der Waals surface area contributed by atoms with Crippen LogP contribution in [0.2, 0.25) is 0 Å². The zero-order valence-corrected chi connectivity index (χ0v) is 23.8. The molecule has 1 fully saturated rings. The molecular weight excluding hydrogens is 624 g/mol. The molecule has 2 aliphatic carbocycles. The maximum atomic E-state index is 14.7. The molecule has 0 spiro atoms. The fraction of sp³-hybridized carbons (Fsp3) is 0.286. The standard InChI is InChI=1S/C28H26FINO6S/c1-16-8-25(36-6-3-7-38(2,34)35)31-14-23(16)17-4-5-24(29)19(9-17)15-37-20-10-18-11-21-26(27(21)28(32)33)22(18)13-30-12-20/h4-5,8-10,12-14,21H,3,6-7,11,15H2,1-2H3,(H,32,33)/q-1/t21-/m1/s1. The molecule has 200 valence electrons. The number of carboxylic acids is 1. The molecule has 38 heavy (non-hydrogen) atoms. The molecule has 1 aliphatic heterocycles. The first-order chi connectivity index (χ1) is 18.1. The second-order valence-corrected chi connectivity index (χ2v) is 13.7. The van der Waals surface area contributed by atoms with Crippen LogP contribution in [0, 0.1) is 18.7 Å². The van der Waals surface area contributed by atoms with Crippen LogP contribution in [0.15, 0.2) is 72.8 Å². The average molecular weight is 650 g/mol. The Morgan fingerprint density at radius 1 is 1.24 bits per heavy atom. The van der Waals surface area contributed by atoms with Crippen LogP contribution < -0.4 is 25.9 Å². The minimum atomic E-state index is -3.03. The number of aliphatic carboxylic acids is 1. The van der Waals surface area contributed by atoms with Crippen molar-refractivity contribution in [2.24, 2.45) is 5.92 Å². The maximum absolute atomic E-state index is 14.7. The Balaban J connectivity index is 1.24. The van der Waals surface area contributed by atoms with Gasteiger partial charge in [-0.15, -0.1) is 0 Å². The van der Waals surface area contributed by atoms with Gasteiger partial charge in [0, 0.05) is 6.26 Å². The third kappa shape index (κ3) is 5.85. The van der Waals surface area contributed by atoms with Crippen LogP contribution in [-0.2, 0) is 26.0 Å². The van der Waals surface area contributed by atoms with Gasteiger partial charge in [0.15, 0.2) is 0 Å². The molecule has 7 nitrogen and oxygen atoms in total. The summed E-state index contributed by atoms with van der Waals surface area (Å²) in [6.45, 7) is 2.23. The van der Waals surface area contributed by atoms with Gasteiger partial charge in [0.05, 0.1) is 12.4 Å². The Labute approximate surface area is 230 Å². The molecule has 0 saturated heterocycles. The Morgan fingerprint density at radius 3 is 2.79 bits per heavy atom. The molecule has 3 aliphatic rings. The Kier molecular flexibility index (Phi) is 7.45. The van der Waals surface area contributed by atoms with E-state index in [0.29, 0.717) is 35.6 Å². The van der Waals surface area contributed by atoms with Crippen molar-refractivity contribution in [1.82, 2.24) is 4.98 Å². The summed E-state index contributed by atoms with van der Waals surface area (Å²) in [7, 11) is -3.03. The van der Waals surface area contributed by atoms with Crippen molar-refractivity contribution in [2.45, 2.75) is 26.4 Å². The number of pyridine rings is 1. The van der Waals surface area contributed by atoms with Gasteiger partial charge in [-0.05, 0) is 6.42 Å². The Hall–Kier alpha value is -2.99. The number of rotatable bonds is 10. The van der Waals surface area contributed by atoms with Crippen LogP contribution in [0.1, 0.15) is 24.0 Å². The number of carboxylic acid groups (broad SMARTS) is 1. The number of benzene rings is 1. The summed E-state index contributed by atoms with van der Waals surface area (Å²) in [4.78, 5) is 15.7. The zero-order chi connectivity index (χ0) is 27.0. The van der Waals surface area contributed by atoms with Crippen LogP contribution >= 0.6 is 0 Å². The molecule has 0 radical (unpaired) electrons. The monoisotopic (exact) mass is 650 g/mol. The van der Waals surface area contributed by atoms with E-state index in [1.54, 1.807) is 24.4 Å². The first kappa shape index (κ1) is 26.6. The number of carbonyl (C=O) groups is 1. The zero-order valence-electron chi connectivity index (χ0n) is 20.8. The molecule has 2 aromatic rings. The summed E-state index contributed by atoms with van der Waals surface area (Å²) < 4.78 is 53.0. The fourth-order valence-corrected chi connectivity index (χ4v) is 7.33. The van der Waals surface area contributed by atoms with Gasteiger partial charge in [0.25, 0.3) is 0 Å². The number of aryl methyl sites for hydroxylation is 1. The van der Waals surface area contributed by atoms with Crippen molar-refractivity contribution in [3.05, 3.63) is 89.7 Å². The topological polar surface area (TPSA) is 103 Å². The number of sulfone groups is 1. The van der Waals surface area contributed by atoms with Gasteiger partial charge < -0.3 is 0 Å². The summed E-state index contributed by atoms with van der Waals surface area (Å²) in [5.74, 6) is -0.00191. The number of aromatic nitrogens is 1. The number of nitrogens with zero attached hydrogens (tertiary/aromatic N) is 1. The van der Waals surface area contributed by atoms with Crippen molar-refractivity contribution in [3.8, 4) is 17.0 Å². The SMILES string of the molecule is Cc1cc(OCCCS(C)(=O)=O)ncc1-c1ccc(F)c(COC2=C[I-]C=C3C(=C2)C[C@H]2C(C(=O)O)=C32)c1. The summed E-state index contributed by atoms with van der Waals surface area (Å²) >= 11 is -0.452. The van der Waals surface area contributed by atoms with Crippen LogP contribution in [-0.4, -0.2) is 43.1 Å². The molecule has 0 bridgehead atoms. The molecule has 5 rings (SSSR count). The van der Waals surface area contributed by atoms with Gasteiger partial charge in [-0.1, -0.05) is 0 Å². The van der Waals surface area contributed by atoms with Crippen molar-refractivity contribution >= 4 is 15.8 Å². The van der Waals surface area contributed by atoms with Crippen LogP contribution in [0.25, 0.3) is 11.1 Å². The Morgan fingerprint density at radius 2 is 2.05 bits per heavy atom. The molecular formula is C28H26FINO6S-. The second kappa shape index (κ2) is 10.6. The number of hydrogen-bond acceptors (Lipinski definition) is 6. The van der Waals surface area contributed by atoms with E-state index in [1.807, 2.05) is 17.1 Å². The normalized spacial score (nSPS) is 18.3. The predicted octanol–water partition coefficient (Wildman–Crippen LogP) is 1.70. The van der Waals surface area contributed by atoms with Crippen molar-refractivity contribution < 1.29 is 53.4 Å². The van der Waals surface area contributed by atoms with E-state index in [1.165, 1.54) is 12.3 Å². The number of halogens is 2. The van der Waals surface area contributed by atoms with E-state index < -0.39 is 37.0 Å². The molecule has 1 saturated carbocycles. The number of allylic oxidation sites excluding steroid dienone is 4. The molecule has 0 amide bonds. The summed E-state index contributed by atoms with van der Waals surface area (Å²) in [6, 6.07) is 6.65. The molecule has 1 N–H and O–H groups in total. The van der Waals surface area contributed by atoms with Gasteiger partial charge in [-0.2, -0.15) is 0 Å². The van der Waals surface area contributed by atoms with Gasteiger partial charge in [-0.3, -0.25) is 0 Å². The summed E-state index contributed by atoms with van der Waals surface area (Å²) in [6.07, 6.45) is 5.89. The molecule has 1 aromatic heterocycles. The fourth-order valence-electron chi connectivity index (χ4n) is 4.69. The van der Waals surface area contributed by atoms with E-state index in [9.17, 15) is 22.7 Å². The number of hydrogen-bond donors (Lipinski definition) is 1. The Bertz CT molecular complexity index is 1560. The second-order valence-electron chi connectivity index (χ2n) is 9.48. The number of ether oxygens (including phenoxy) is 2. The van der Waals surface area contributed by atoms with Crippen molar-refractivity contribution in [3.63, 3.8) is 0 Å². The minimum absolute atomic E-state index is 0.0311. The molecule has 2 heterocycles. The van der Waals surface area contributed by atoms with Gasteiger partial charge in [0.2, 0.25) is 0 Å². The third-order valence-corrected chi connectivity index (χ3v) is 9.59. The number of fused-ring (bicyclic) bond motifs is 3. The summed E-state index contributed by atoms with van der Waals surface area (Å²) in [5, 5.41) is 9.31. The van der Waals surface area contributed by atoms with E-state index in [2.05, 4.69) is 9.07 Å². The van der Waals surface area contributed by atoms with Gasteiger partial charge in [0.1, 0.15) is 9.84 Å². The van der Waals surface area contributed by atoms with E-state index in [4.69, 9.17) is 9.47 Å². The van der Waals surface area contributed by atoms with Crippen LogP contribution in [0.5, 0.6) is 5.88 Å². The quantitative estimate of drug-likeness (QED) is 0.309. The van der Waals surface area contributed by atoms with Crippen molar-refractivity contribution in [1.29, 1.82) is 0 Å². The summed E-state index contributed by atoms with van der Waals surface area (Å²) in [5.41, 5.74) is 6.59. The average Bonchev–Trinajstić information content (AvgIpc) is 3.52. The van der Waals surface area contributed by atoms with Gasteiger partial charge in [-0.25, -0.2) is 8.42 Å². The molecule has 1 atom stereocenters. The molecule has 0 unspecified atom stereocenters. The first-order valence-electron chi connectivity index (χ1n) is 12.0. The molecule has 1 aromatic carbocycles. The van der Waals surface area contributed by atoms with Crippen LogP contribution in [0.3, 0.4) is 0 Å². The third-order valence-electron chi connectivity index (χ3n) is 6.60. The van der Waals surface area contributed by atoms with Crippen molar-refractivity contribution in [2.75, 3.05) is 18.6 Å². The van der Waals surface area contributed by atoms with E-state index in [-0.39, 0.29) is 30.7 Å². The van der Waals surface area contributed by atoms with E-state index >= 15 is 0 Å². The first-order valence-corrected chi connectivity index (χ1v) is 16.6. The van der Waals surface area contributed by atoms with Gasteiger partial charge >= 0.3 is 188 Å². The van der Waals surface area contributed by atoms with Crippen LogP contribution in [0.4, 0.5) is 4.39 Å². The van der Waals surface area contributed by atoms with E-state index in [0.717, 1.165) is 33.4 Å². The molecule has 10 heteroatoms.